The number of rotatable bonds is 6. The molecule has 3 aliphatic carbocycles. The molecule has 3 fully saturated rings. The molecular formula is C31H38O12. The van der Waals surface area contributed by atoms with Gasteiger partial charge in [0.05, 0.1) is 5.41 Å². The number of Topliss-reactive ketones (excluding diaryl/α,β-unsaturated/α-hetero) is 1. The Balaban J connectivity index is 2.10. The Morgan fingerprint density at radius 2 is 1.60 bits per heavy atom. The van der Waals surface area contributed by atoms with E-state index in [4.69, 9.17) is 23.7 Å². The van der Waals surface area contributed by atoms with E-state index in [1.54, 1.807) is 34.6 Å². The molecular weight excluding hydrogens is 564 g/mol. The third kappa shape index (κ3) is 5.18. The summed E-state index contributed by atoms with van der Waals surface area (Å²) in [6, 6.07) is 0. The van der Waals surface area contributed by atoms with Crippen molar-refractivity contribution in [1.82, 2.24) is 0 Å². The van der Waals surface area contributed by atoms with E-state index in [1.165, 1.54) is 19.1 Å². The molecule has 0 unspecified atom stereocenters. The first-order valence-corrected chi connectivity index (χ1v) is 14.2. The maximum absolute atomic E-state index is 14.7. The Labute approximate surface area is 249 Å². The Kier molecular flexibility index (Phi) is 8.47. The Morgan fingerprint density at radius 1 is 0.977 bits per heavy atom. The first-order chi connectivity index (χ1) is 20.0. The highest BCUT2D eigenvalue weighted by Crippen LogP contribution is 2.68. The summed E-state index contributed by atoms with van der Waals surface area (Å²) in [5.74, 6) is -8.67. The van der Waals surface area contributed by atoms with Gasteiger partial charge in [0.1, 0.15) is 18.8 Å². The summed E-state index contributed by atoms with van der Waals surface area (Å²) in [5.41, 5.74) is -2.14. The van der Waals surface area contributed by atoms with Crippen LogP contribution in [0.4, 0.5) is 0 Å². The molecule has 0 aromatic rings. The summed E-state index contributed by atoms with van der Waals surface area (Å²) in [5, 5.41) is 0. The number of carbonyl (C=O) groups is 7. The molecule has 0 radical (unpaired) electrons. The van der Waals surface area contributed by atoms with Gasteiger partial charge in [-0.25, -0.2) is 4.79 Å². The predicted octanol–water partition coefficient (Wildman–Crippen LogP) is 2.21. The van der Waals surface area contributed by atoms with Gasteiger partial charge in [0, 0.05) is 56.4 Å². The van der Waals surface area contributed by atoms with Gasteiger partial charge < -0.3 is 23.7 Å². The summed E-state index contributed by atoms with van der Waals surface area (Å²) in [6.45, 7) is 11.3. The fourth-order valence-electron chi connectivity index (χ4n) is 8.29. The van der Waals surface area contributed by atoms with E-state index in [-0.39, 0.29) is 6.42 Å². The fraction of sp³-hybridized carbons (Fsp3) is 0.645. The summed E-state index contributed by atoms with van der Waals surface area (Å²) in [7, 11) is 0. The Morgan fingerprint density at radius 3 is 2.16 bits per heavy atom. The number of allylic oxidation sites excluding steroid dienone is 1. The van der Waals surface area contributed by atoms with E-state index >= 15 is 0 Å². The molecule has 12 nitrogen and oxygen atoms in total. The quantitative estimate of drug-likeness (QED) is 0.248. The first-order valence-electron chi connectivity index (χ1n) is 14.2. The lowest BCUT2D eigenvalue weighted by atomic mass is 9.37. The standard InChI is InChI=1S/C31H38O12/c1-13(2)9-21(36)42-26-23-14(3)10-20(35)28(41-18(7)34)30(23,8)27-24(38)25(40-17(6)33)15(4)19-11-22(37)43-29(26)31(19,27)12-39-16(5)32/h9-10,15,19,23,25-29H,11-12H2,1-8H3/t15-,19+,23-,25-,26-,27-,28-,29-,30+,31+/m1/s1. The third-order valence-electron chi connectivity index (χ3n) is 9.44. The maximum atomic E-state index is 14.7. The lowest BCUT2D eigenvalue weighted by molar-refractivity contribution is -0.291. The highest BCUT2D eigenvalue weighted by molar-refractivity contribution is 6.00. The predicted molar refractivity (Wildman–Crippen MR) is 145 cm³/mol. The van der Waals surface area contributed by atoms with Gasteiger partial charge in [0.2, 0.25) is 0 Å². The summed E-state index contributed by atoms with van der Waals surface area (Å²) < 4.78 is 28.8. The third-order valence-corrected chi connectivity index (χ3v) is 9.44. The van der Waals surface area contributed by atoms with Crippen LogP contribution in [0.2, 0.25) is 0 Å². The zero-order valence-corrected chi connectivity index (χ0v) is 25.6. The van der Waals surface area contributed by atoms with Crippen molar-refractivity contribution in [2.24, 2.45) is 34.5 Å². The number of carbonyl (C=O) groups excluding carboxylic acids is 7. The second-order valence-electron chi connectivity index (χ2n) is 12.6. The van der Waals surface area contributed by atoms with Crippen molar-refractivity contribution in [3.05, 3.63) is 23.3 Å². The van der Waals surface area contributed by atoms with Gasteiger partial charge >= 0.3 is 29.8 Å². The van der Waals surface area contributed by atoms with Gasteiger partial charge in [0.25, 0.3) is 0 Å². The van der Waals surface area contributed by atoms with E-state index in [2.05, 4.69) is 0 Å². The minimum atomic E-state index is -1.62. The van der Waals surface area contributed by atoms with Gasteiger partial charge in [-0.2, -0.15) is 0 Å². The molecule has 4 rings (SSSR count). The lowest BCUT2D eigenvalue weighted by Crippen LogP contribution is -2.79. The molecule has 0 aromatic heterocycles. The molecule has 234 valence electrons. The molecule has 0 bridgehead atoms. The molecule has 0 amide bonds. The fourth-order valence-corrected chi connectivity index (χ4v) is 8.29. The van der Waals surface area contributed by atoms with Crippen molar-refractivity contribution in [2.75, 3.05) is 6.61 Å². The van der Waals surface area contributed by atoms with Gasteiger partial charge in [-0.3, -0.25) is 28.8 Å². The van der Waals surface area contributed by atoms with Crippen LogP contribution in [0, 0.1) is 34.5 Å². The van der Waals surface area contributed by atoms with Crippen LogP contribution in [0.25, 0.3) is 0 Å². The zero-order valence-electron chi connectivity index (χ0n) is 25.6. The van der Waals surface area contributed by atoms with Crippen LogP contribution < -0.4 is 0 Å². The van der Waals surface area contributed by atoms with Crippen molar-refractivity contribution in [2.45, 2.75) is 86.2 Å². The largest absolute Gasteiger partial charge is 0.465 e. The minimum absolute atomic E-state index is 0.239. The monoisotopic (exact) mass is 602 g/mol. The van der Waals surface area contributed by atoms with Crippen molar-refractivity contribution in [1.29, 1.82) is 0 Å². The van der Waals surface area contributed by atoms with Gasteiger partial charge in [-0.15, -0.1) is 0 Å². The lowest BCUT2D eigenvalue weighted by Gasteiger charge is -2.68. The second kappa shape index (κ2) is 11.3. The van der Waals surface area contributed by atoms with Gasteiger partial charge in [-0.05, 0) is 32.8 Å². The SMILES string of the molecule is CC(=O)OC[C@]12[C@@H]3OC(=O)C[C@H]1[C@@H](C)[C@@H](OC(C)=O)C(=O)[C@@H]2[C@@]1(C)[C@H](OC(C)=O)C(=O)C=C(C)[C@@H]1[C@H]3OC(=O)C=C(C)C. The molecule has 1 aliphatic heterocycles. The molecule has 12 heteroatoms. The van der Waals surface area contributed by atoms with Gasteiger partial charge in [-0.1, -0.05) is 25.0 Å². The maximum Gasteiger partial charge on any atom is 0.331 e. The van der Waals surface area contributed by atoms with E-state index in [0.29, 0.717) is 11.1 Å². The van der Waals surface area contributed by atoms with Crippen molar-refractivity contribution in [3.8, 4) is 0 Å². The first kappa shape index (κ1) is 32.1. The number of fused-ring (bicyclic) bond motifs is 2. The normalized spacial score (nSPS) is 37.9. The smallest absolute Gasteiger partial charge is 0.331 e. The molecule has 43 heavy (non-hydrogen) atoms. The second-order valence-corrected chi connectivity index (χ2v) is 12.6. The number of ketones is 2. The van der Waals surface area contributed by atoms with E-state index < -0.39 is 107 Å². The molecule has 1 saturated heterocycles. The molecule has 0 aromatic carbocycles. The highest BCUT2D eigenvalue weighted by atomic mass is 16.6. The van der Waals surface area contributed by atoms with Crippen molar-refractivity contribution in [3.63, 3.8) is 0 Å². The van der Waals surface area contributed by atoms with E-state index in [9.17, 15) is 33.6 Å². The zero-order chi connectivity index (χ0) is 32.2. The van der Waals surface area contributed by atoms with E-state index in [0.717, 1.165) is 13.8 Å². The van der Waals surface area contributed by atoms with Crippen LogP contribution in [-0.4, -0.2) is 72.4 Å². The number of hydrogen-bond acceptors (Lipinski definition) is 12. The molecule has 2 saturated carbocycles. The Hall–Kier alpha value is -3.83. The summed E-state index contributed by atoms with van der Waals surface area (Å²) >= 11 is 0. The number of ether oxygens (including phenoxy) is 5. The minimum Gasteiger partial charge on any atom is -0.465 e. The van der Waals surface area contributed by atoms with Crippen LogP contribution in [-0.2, 0) is 57.2 Å². The van der Waals surface area contributed by atoms with Crippen molar-refractivity contribution < 1.29 is 57.2 Å². The van der Waals surface area contributed by atoms with Crippen LogP contribution in [0.15, 0.2) is 23.3 Å². The number of hydrogen-bond donors (Lipinski definition) is 0. The molecule has 4 aliphatic rings. The highest BCUT2D eigenvalue weighted by Gasteiger charge is 2.79. The average Bonchev–Trinajstić information content (AvgIpc) is 2.86. The Bertz CT molecular complexity index is 1340. The van der Waals surface area contributed by atoms with Crippen molar-refractivity contribution >= 4 is 41.4 Å². The summed E-state index contributed by atoms with van der Waals surface area (Å²) in [4.78, 5) is 91.6. The number of esters is 5. The molecule has 0 spiro atoms. The molecule has 0 N–H and O–H groups in total. The summed E-state index contributed by atoms with van der Waals surface area (Å²) in [6.07, 6.45) is -3.16. The van der Waals surface area contributed by atoms with Gasteiger partial charge in [0.15, 0.2) is 23.8 Å². The molecule has 1 heterocycles. The van der Waals surface area contributed by atoms with Crippen LogP contribution in [0.5, 0.6) is 0 Å². The molecule has 10 atom stereocenters. The van der Waals surface area contributed by atoms with Crippen LogP contribution in [0.3, 0.4) is 0 Å². The topological polar surface area (TPSA) is 166 Å². The van der Waals surface area contributed by atoms with Crippen LogP contribution in [0.1, 0.15) is 61.8 Å². The average molecular weight is 603 g/mol. The van der Waals surface area contributed by atoms with E-state index in [1.807, 2.05) is 0 Å². The van der Waals surface area contributed by atoms with Crippen LogP contribution >= 0.6 is 0 Å².